The maximum Gasteiger partial charge on any atom is 0.165 e. The highest BCUT2D eigenvalue weighted by molar-refractivity contribution is 5.55. The van der Waals surface area contributed by atoms with Crippen LogP contribution in [0.25, 0.3) is 0 Å². The molecule has 2 N–H and O–H groups in total. The van der Waals surface area contributed by atoms with Crippen molar-refractivity contribution in [3.63, 3.8) is 0 Å². The lowest BCUT2D eigenvalue weighted by Crippen LogP contribution is -2.01. The molecule has 0 saturated heterocycles. The predicted molar refractivity (Wildman–Crippen MR) is 79.6 cm³/mol. The number of phenolic OH excluding ortho intramolecular Hbond substituents is 1. The zero-order chi connectivity index (χ0) is 15.2. The molecule has 21 heavy (non-hydrogen) atoms. The molecule has 0 saturated carbocycles. The molecule has 112 valence electrons. The minimum atomic E-state index is -0.626. The lowest BCUT2D eigenvalue weighted by molar-refractivity contribution is 0.311. The van der Waals surface area contributed by atoms with E-state index in [4.69, 9.17) is 14.6 Å². The van der Waals surface area contributed by atoms with Crippen LogP contribution >= 0.6 is 0 Å². The van der Waals surface area contributed by atoms with E-state index in [1.165, 1.54) is 12.1 Å². The topological polar surface area (TPSA) is 50.7 Å². The first-order valence-electron chi connectivity index (χ1n) is 6.66. The summed E-state index contributed by atoms with van der Waals surface area (Å²) in [5, 5.41) is 12.3. The Morgan fingerprint density at radius 3 is 2.62 bits per heavy atom. The molecule has 0 fully saturated rings. The summed E-state index contributed by atoms with van der Waals surface area (Å²) < 4.78 is 24.0. The van der Waals surface area contributed by atoms with Crippen molar-refractivity contribution in [3.8, 4) is 17.2 Å². The Morgan fingerprint density at radius 1 is 1.14 bits per heavy atom. The Kier molecular flexibility index (Phi) is 4.87. The summed E-state index contributed by atoms with van der Waals surface area (Å²) in [5.74, 6) is 0.347. The van der Waals surface area contributed by atoms with Crippen LogP contribution in [0.3, 0.4) is 0 Å². The fraction of sp³-hybridized carbons (Fsp3) is 0.250. The van der Waals surface area contributed by atoms with Crippen LogP contribution in [0.2, 0.25) is 0 Å². The number of methoxy groups -OCH3 is 1. The zero-order valence-electron chi connectivity index (χ0n) is 12.0. The molecule has 0 aromatic heterocycles. The molecule has 0 unspecified atom stereocenters. The number of halogens is 1. The van der Waals surface area contributed by atoms with Gasteiger partial charge in [-0.1, -0.05) is 6.07 Å². The summed E-state index contributed by atoms with van der Waals surface area (Å²) >= 11 is 0. The average molecular weight is 291 g/mol. The van der Waals surface area contributed by atoms with Gasteiger partial charge in [-0.3, -0.25) is 0 Å². The van der Waals surface area contributed by atoms with Gasteiger partial charge >= 0.3 is 0 Å². The van der Waals surface area contributed by atoms with Crippen LogP contribution in [0.15, 0.2) is 36.4 Å². The third-order valence-electron chi connectivity index (χ3n) is 2.97. The van der Waals surface area contributed by atoms with Gasteiger partial charge in [0.25, 0.3) is 0 Å². The lowest BCUT2D eigenvalue weighted by atomic mass is 10.2. The van der Waals surface area contributed by atoms with Crippen molar-refractivity contribution in [1.82, 2.24) is 0 Å². The minimum absolute atomic E-state index is 0.346. The van der Waals surface area contributed by atoms with Gasteiger partial charge in [0.2, 0.25) is 0 Å². The van der Waals surface area contributed by atoms with Gasteiger partial charge < -0.3 is 19.9 Å². The van der Waals surface area contributed by atoms with E-state index >= 15 is 0 Å². The van der Waals surface area contributed by atoms with Crippen LogP contribution in [0.4, 0.5) is 10.1 Å². The molecular formula is C16H18FNO3. The van der Waals surface area contributed by atoms with E-state index in [0.29, 0.717) is 24.7 Å². The summed E-state index contributed by atoms with van der Waals surface area (Å²) in [6.45, 7) is 2.91. The Labute approximate surface area is 123 Å². The second-order valence-corrected chi connectivity index (χ2v) is 4.44. The van der Waals surface area contributed by atoms with Crippen molar-refractivity contribution in [2.24, 2.45) is 0 Å². The predicted octanol–water partition coefficient (Wildman–Crippen LogP) is 3.55. The zero-order valence-corrected chi connectivity index (χ0v) is 12.0. The average Bonchev–Trinajstić information content (AvgIpc) is 2.49. The fourth-order valence-corrected chi connectivity index (χ4v) is 1.92. The summed E-state index contributed by atoms with van der Waals surface area (Å²) in [6.07, 6.45) is 0. The minimum Gasteiger partial charge on any atom is -0.505 e. The van der Waals surface area contributed by atoms with Crippen molar-refractivity contribution in [2.45, 2.75) is 13.5 Å². The maximum atomic E-state index is 13.2. The summed E-state index contributed by atoms with van der Waals surface area (Å²) in [4.78, 5) is 0. The normalized spacial score (nSPS) is 10.2. The van der Waals surface area contributed by atoms with Crippen LogP contribution in [0.5, 0.6) is 17.2 Å². The number of hydrogen-bond acceptors (Lipinski definition) is 4. The molecule has 0 atom stereocenters. The van der Waals surface area contributed by atoms with E-state index in [0.717, 1.165) is 11.3 Å². The van der Waals surface area contributed by atoms with Crippen molar-refractivity contribution in [3.05, 3.63) is 47.8 Å². The highest BCUT2D eigenvalue weighted by atomic mass is 19.1. The van der Waals surface area contributed by atoms with Crippen LogP contribution in [-0.2, 0) is 6.54 Å². The maximum absolute atomic E-state index is 13.2. The molecule has 0 aliphatic rings. The second-order valence-electron chi connectivity index (χ2n) is 4.44. The van der Waals surface area contributed by atoms with Crippen molar-refractivity contribution >= 4 is 5.69 Å². The van der Waals surface area contributed by atoms with E-state index in [-0.39, 0.29) is 5.75 Å². The molecule has 0 aliphatic heterocycles. The number of aromatic hydroxyl groups is 1. The molecule has 0 radical (unpaired) electrons. The summed E-state index contributed by atoms with van der Waals surface area (Å²) in [6, 6.07) is 9.81. The van der Waals surface area contributed by atoms with Crippen LogP contribution in [-0.4, -0.2) is 18.8 Å². The molecule has 2 rings (SSSR count). The standard InChI is InChI=1S/C16H18FNO3/c1-3-21-15-7-5-12(9-16(15)20-2)18-10-11-4-6-14(19)13(17)8-11/h4-9,18-19H,3,10H2,1-2H3. The molecule has 5 heteroatoms. The smallest absolute Gasteiger partial charge is 0.165 e. The van der Waals surface area contributed by atoms with Crippen molar-refractivity contribution in [1.29, 1.82) is 0 Å². The number of anilines is 1. The van der Waals surface area contributed by atoms with E-state index in [9.17, 15) is 4.39 Å². The Hall–Kier alpha value is -2.43. The monoisotopic (exact) mass is 291 g/mol. The highest BCUT2D eigenvalue weighted by Gasteiger charge is 2.06. The molecule has 2 aromatic rings. The van der Waals surface area contributed by atoms with Gasteiger partial charge in [0, 0.05) is 18.3 Å². The SMILES string of the molecule is CCOc1ccc(NCc2ccc(O)c(F)c2)cc1OC. The molecule has 4 nitrogen and oxygen atoms in total. The van der Waals surface area contributed by atoms with E-state index in [1.54, 1.807) is 13.2 Å². The summed E-state index contributed by atoms with van der Waals surface area (Å²) in [5.41, 5.74) is 1.57. The first-order valence-corrected chi connectivity index (χ1v) is 6.66. The first-order chi connectivity index (χ1) is 10.1. The van der Waals surface area contributed by atoms with Gasteiger partial charge in [-0.25, -0.2) is 4.39 Å². The number of rotatable bonds is 6. The van der Waals surface area contributed by atoms with Gasteiger partial charge in [-0.05, 0) is 36.8 Å². The second kappa shape index (κ2) is 6.83. The largest absolute Gasteiger partial charge is 0.505 e. The van der Waals surface area contributed by atoms with Gasteiger partial charge in [-0.2, -0.15) is 0 Å². The quantitative estimate of drug-likeness (QED) is 0.854. The molecule has 0 amide bonds. The van der Waals surface area contributed by atoms with Crippen LogP contribution < -0.4 is 14.8 Å². The third-order valence-corrected chi connectivity index (χ3v) is 2.97. The Morgan fingerprint density at radius 2 is 1.95 bits per heavy atom. The van der Waals surface area contributed by atoms with E-state index in [2.05, 4.69) is 5.32 Å². The number of phenols is 1. The summed E-state index contributed by atoms with van der Waals surface area (Å²) in [7, 11) is 1.58. The van der Waals surface area contributed by atoms with Crippen molar-refractivity contribution < 1.29 is 19.0 Å². The first kappa shape index (κ1) is 15.0. The van der Waals surface area contributed by atoms with Gasteiger partial charge in [-0.15, -0.1) is 0 Å². The van der Waals surface area contributed by atoms with Crippen LogP contribution in [0.1, 0.15) is 12.5 Å². The van der Waals surface area contributed by atoms with Gasteiger partial charge in [0.15, 0.2) is 23.1 Å². The Balaban J connectivity index is 2.07. The van der Waals surface area contributed by atoms with E-state index in [1.807, 2.05) is 25.1 Å². The lowest BCUT2D eigenvalue weighted by Gasteiger charge is -2.12. The van der Waals surface area contributed by atoms with Gasteiger partial charge in [0.05, 0.1) is 13.7 Å². The molecule has 2 aromatic carbocycles. The third kappa shape index (κ3) is 3.78. The van der Waals surface area contributed by atoms with E-state index < -0.39 is 5.82 Å². The molecule has 0 bridgehead atoms. The highest BCUT2D eigenvalue weighted by Crippen LogP contribution is 2.30. The van der Waals surface area contributed by atoms with Crippen molar-refractivity contribution in [2.75, 3.05) is 19.0 Å². The number of ether oxygens (including phenoxy) is 2. The molecule has 0 heterocycles. The fourth-order valence-electron chi connectivity index (χ4n) is 1.92. The number of hydrogen-bond donors (Lipinski definition) is 2. The molecule has 0 aliphatic carbocycles. The van der Waals surface area contributed by atoms with Gasteiger partial charge in [0.1, 0.15) is 0 Å². The number of benzene rings is 2. The molecule has 0 spiro atoms. The number of nitrogens with one attached hydrogen (secondary N) is 1. The Bertz CT molecular complexity index is 616. The van der Waals surface area contributed by atoms with Crippen LogP contribution in [0, 0.1) is 5.82 Å². The molecular weight excluding hydrogens is 273 g/mol.